The third-order valence-electron chi connectivity index (χ3n) is 4.81. The second-order valence-electron chi connectivity index (χ2n) is 6.54. The largest absolute Gasteiger partial charge is 0.396 e. The topological polar surface area (TPSA) is 76.2 Å². The number of H-pyrrole nitrogens is 1. The molecule has 0 atom stereocenters. The van der Waals surface area contributed by atoms with Crippen LogP contribution < -0.4 is 5.73 Å². The maximum absolute atomic E-state index is 13.3. The van der Waals surface area contributed by atoms with Crippen molar-refractivity contribution in [2.45, 2.75) is 0 Å². The van der Waals surface area contributed by atoms with E-state index in [-0.39, 0.29) is 5.78 Å². The van der Waals surface area contributed by atoms with Gasteiger partial charge in [0, 0.05) is 16.2 Å². The first-order valence-corrected chi connectivity index (χ1v) is 9.56. The number of pyridine rings is 1. The average Bonchev–Trinajstić information content (AvgIpc) is 3.25. The van der Waals surface area contributed by atoms with E-state index in [1.54, 1.807) is 12.1 Å². The molecule has 0 fully saturated rings. The molecule has 5 aromatic rings. The second kappa shape index (κ2) is 6.35. The number of aromatic nitrogens is 3. The first-order chi connectivity index (χ1) is 13.6. The smallest absolute Gasteiger partial charge is 0.211 e. The molecule has 3 heterocycles. The van der Waals surface area contributed by atoms with Crippen LogP contribution in [-0.4, -0.2) is 20.2 Å². The number of nitrogens with zero attached hydrogens (tertiary/aromatic N) is 2. The van der Waals surface area contributed by atoms with E-state index in [0.717, 1.165) is 26.6 Å². The van der Waals surface area contributed by atoms with E-state index < -0.39 is 0 Å². The van der Waals surface area contributed by atoms with Crippen LogP contribution in [0.4, 0.5) is 5.69 Å². The number of halogens is 1. The molecule has 5 nitrogen and oxygen atoms in total. The molecule has 0 saturated heterocycles. The number of carbonyl (C=O) groups excluding carboxylic acids is 1. The van der Waals surface area contributed by atoms with Crippen LogP contribution in [0, 0.1) is 0 Å². The zero-order valence-electron chi connectivity index (χ0n) is 14.7. The Hall–Kier alpha value is -3.38. The Balaban J connectivity index is 1.78. The minimum Gasteiger partial charge on any atom is -0.396 e. The minimum atomic E-state index is -0.137. The Bertz CT molecular complexity index is 1330. The lowest BCUT2D eigenvalue weighted by Crippen LogP contribution is -2.08. The summed E-state index contributed by atoms with van der Waals surface area (Å²) in [6.07, 6.45) is 1.85. The molecule has 0 aliphatic carbocycles. The first-order valence-electron chi connectivity index (χ1n) is 8.77. The zero-order chi connectivity index (χ0) is 19.3. The third kappa shape index (κ3) is 2.53. The maximum atomic E-state index is 13.3. The average molecular weight is 431 g/mol. The van der Waals surface area contributed by atoms with Gasteiger partial charge in [-0.2, -0.15) is 0 Å². The number of imidazole rings is 1. The fraction of sp³-hybridized carbons (Fsp3) is 0. The molecule has 2 aromatic carbocycles. The lowest BCUT2D eigenvalue weighted by molar-refractivity contribution is 0.103. The monoisotopic (exact) mass is 430 g/mol. The van der Waals surface area contributed by atoms with Crippen molar-refractivity contribution in [2.75, 3.05) is 5.73 Å². The molecule has 6 heteroatoms. The van der Waals surface area contributed by atoms with E-state index in [1.165, 1.54) is 0 Å². The molecular weight excluding hydrogens is 416 g/mol. The van der Waals surface area contributed by atoms with Crippen LogP contribution in [0.3, 0.4) is 0 Å². The van der Waals surface area contributed by atoms with E-state index in [4.69, 9.17) is 5.73 Å². The predicted octanol–water partition coefficient (Wildman–Crippen LogP) is 5.06. The summed E-state index contributed by atoms with van der Waals surface area (Å²) in [5.74, 6) is 0.512. The van der Waals surface area contributed by atoms with Gasteiger partial charge >= 0.3 is 0 Å². The number of rotatable bonds is 3. The number of nitrogens with one attached hydrogen (secondary N) is 1. The number of para-hydroxylation sites is 2. The molecule has 3 aromatic heterocycles. The molecule has 0 radical (unpaired) electrons. The number of nitrogen functional groups attached to an aromatic ring is 1. The van der Waals surface area contributed by atoms with Crippen molar-refractivity contribution < 1.29 is 4.79 Å². The van der Waals surface area contributed by atoms with Crippen LogP contribution in [0.5, 0.6) is 0 Å². The number of carbonyl (C=O) groups is 1. The molecule has 0 saturated carbocycles. The normalized spacial score (nSPS) is 11.3. The van der Waals surface area contributed by atoms with Gasteiger partial charge in [0.2, 0.25) is 5.78 Å². The molecule has 0 bridgehead atoms. The highest BCUT2D eigenvalue weighted by atomic mass is 79.9. The van der Waals surface area contributed by atoms with Crippen molar-refractivity contribution in [3.63, 3.8) is 0 Å². The van der Waals surface area contributed by atoms with Gasteiger partial charge in [0.15, 0.2) is 0 Å². The van der Waals surface area contributed by atoms with Gasteiger partial charge in [-0.3, -0.25) is 4.79 Å². The van der Waals surface area contributed by atoms with E-state index in [2.05, 4.69) is 25.9 Å². The number of ketones is 1. The van der Waals surface area contributed by atoms with Crippen LogP contribution in [0.2, 0.25) is 0 Å². The number of nitrogens with two attached hydrogens (primary N) is 1. The van der Waals surface area contributed by atoms with Crippen LogP contribution in [0.25, 0.3) is 27.9 Å². The van der Waals surface area contributed by atoms with E-state index in [0.29, 0.717) is 22.8 Å². The number of benzene rings is 2. The number of fused-ring (bicyclic) bond motifs is 2. The summed E-state index contributed by atoms with van der Waals surface area (Å²) in [5, 5.41) is 0. The van der Waals surface area contributed by atoms with Gasteiger partial charge in [-0.05, 0) is 36.4 Å². The van der Waals surface area contributed by atoms with Gasteiger partial charge < -0.3 is 15.1 Å². The van der Waals surface area contributed by atoms with Crippen molar-refractivity contribution in [3.8, 4) is 11.4 Å². The molecule has 3 N–H and O–H groups in total. The summed E-state index contributed by atoms with van der Waals surface area (Å²) in [7, 11) is 0. The molecular formula is C22H15BrN4O. The number of anilines is 1. The lowest BCUT2D eigenvalue weighted by Gasteiger charge is -2.04. The molecule has 28 heavy (non-hydrogen) atoms. The Labute approximate surface area is 169 Å². The maximum Gasteiger partial charge on any atom is 0.211 e. The van der Waals surface area contributed by atoms with Crippen molar-refractivity contribution in [1.29, 1.82) is 0 Å². The highest BCUT2D eigenvalue weighted by Gasteiger charge is 2.24. The van der Waals surface area contributed by atoms with E-state index >= 15 is 0 Å². The molecule has 0 amide bonds. The zero-order valence-corrected chi connectivity index (χ0v) is 16.3. The van der Waals surface area contributed by atoms with Gasteiger partial charge in [0.25, 0.3) is 0 Å². The summed E-state index contributed by atoms with van der Waals surface area (Å²) in [6, 6.07) is 20.9. The fourth-order valence-electron chi connectivity index (χ4n) is 3.55. The van der Waals surface area contributed by atoms with E-state index in [1.807, 2.05) is 65.2 Å². The van der Waals surface area contributed by atoms with Crippen molar-refractivity contribution in [1.82, 2.24) is 14.4 Å². The quantitative estimate of drug-likeness (QED) is 0.392. The highest BCUT2D eigenvalue weighted by Crippen LogP contribution is 2.36. The van der Waals surface area contributed by atoms with Crippen molar-refractivity contribution in [3.05, 3.63) is 88.7 Å². The SMILES string of the molecule is Nc1c(-c2nc3ccccc3[nH]2)c2ccccn2c1C(=O)c1cccc(Br)c1. The van der Waals surface area contributed by atoms with E-state index in [9.17, 15) is 4.79 Å². The molecule has 0 aliphatic heterocycles. The molecule has 136 valence electrons. The summed E-state index contributed by atoms with van der Waals surface area (Å²) in [6.45, 7) is 0. The second-order valence-corrected chi connectivity index (χ2v) is 7.45. The van der Waals surface area contributed by atoms with Crippen molar-refractivity contribution >= 4 is 44.0 Å². The molecule has 0 aliphatic rings. The Kier molecular flexibility index (Phi) is 3.80. The Morgan fingerprint density at radius 1 is 1.04 bits per heavy atom. The fourth-order valence-corrected chi connectivity index (χ4v) is 3.95. The van der Waals surface area contributed by atoms with Crippen molar-refractivity contribution in [2.24, 2.45) is 0 Å². The summed E-state index contributed by atoms with van der Waals surface area (Å²) < 4.78 is 2.68. The lowest BCUT2D eigenvalue weighted by atomic mass is 10.1. The first kappa shape index (κ1) is 16.8. The van der Waals surface area contributed by atoms with Crippen LogP contribution >= 0.6 is 15.9 Å². The highest BCUT2D eigenvalue weighted by molar-refractivity contribution is 9.10. The number of aromatic amines is 1. The van der Waals surface area contributed by atoms with Gasteiger partial charge in [-0.25, -0.2) is 4.98 Å². The number of hydrogen-bond acceptors (Lipinski definition) is 3. The van der Waals surface area contributed by atoms with Gasteiger partial charge in [-0.15, -0.1) is 0 Å². The van der Waals surface area contributed by atoms with Gasteiger partial charge in [-0.1, -0.05) is 46.3 Å². The standard InChI is InChI=1S/C22H15BrN4O/c23-14-7-5-6-13(12-14)21(28)20-19(24)18(17-10-3-4-11-27(17)20)22-25-15-8-1-2-9-16(15)26-22/h1-12H,24H2,(H,25,26). The summed E-state index contributed by atoms with van der Waals surface area (Å²) in [5.41, 5.74) is 11.3. The molecule has 0 unspecified atom stereocenters. The molecule has 0 spiro atoms. The predicted molar refractivity (Wildman–Crippen MR) is 114 cm³/mol. The van der Waals surface area contributed by atoms with Crippen LogP contribution in [0.15, 0.2) is 77.4 Å². The van der Waals surface area contributed by atoms with Gasteiger partial charge in [0.1, 0.15) is 11.5 Å². The Morgan fingerprint density at radius 3 is 2.68 bits per heavy atom. The molecule has 5 rings (SSSR count). The number of hydrogen-bond donors (Lipinski definition) is 2. The van der Waals surface area contributed by atoms with Crippen LogP contribution in [0.1, 0.15) is 16.1 Å². The summed E-state index contributed by atoms with van der Waals surface area (Å²) in [4.78, 5) is 21.3. The van der Waals surface area contributed by atoms with Crippen LogP contribution in [-0.2, 0) is 0 Å². The Morgan fingerprint density at radius 2 is 1.86 bits per heavy atom. The third-order valence-corrected chi connectivity index (χ3v) is 5.30. The van der Waals surface area contributed by atoms with Gasteiger partial charge in [0.05, 0.1) is 27.8 Å². The minimum absolute atomic E-state index is 0.137. The summed E-state index contributed by atoms with van der Waals surface area (Å²) >= 11 is 3.43.